The Bertz CT molecular complexity index is 1430. The van der Waals surface area contributed by atoms with Gasteiger partial charge in [0.05, 0.1) is 19.2 Å². The zero-order valence-corrected chi connectivity index (χ0v) is 18.3. The molecule has 0 atom stereocenters. The Kier molecular flexibility index (Phi) is 5.14. The minimum atomic E-state index is -0.488. The van der Waals surface area contributed by atoms with Crippen molar-refractivity contribution in [3.8, 4) is 5.75 Å². The first-order chi connectivity index (χ1) is 15.6. The summed E-state index contributed by atoms with van der Waals surface area (Å²) >= 11 is 1.28. The van der Waals surface area contributed by atoms with E-state index in [-0.39, 0.29) is 24.6 Å². The van der Waals surface area contributed by atoms with Gasteiger partial charge in [-0.25, -0.2) is 4.79 Å². The van der Waals surface area contributed by atoms with Crippen molar-refractivity contribution in [2.75, 3.05) is 18.6 Å². The van der Waals surface area contributed by atoms with Crippen LogP contribution < -0.4 is 20.9 Å². The molecule has 0 saturated heterocycles. The summed E-state index contributed by atoms with van der Waals surface area (Å²) in [6, 6.07) is 16.7. The maximum atomic E-state index is 13.4. The molecule has 4 aromatic rings. The van der Waals surface area contributed by atoms with Crippen LogP contribution in [0.25, 0.3) is 10.2 Å². The number of thiophene rings is 1. The summed E-state index contributed by atoms with van der Waals surface area (Å²) in [5, 5.41) is 1.77. The molecule has 0 unspecified atom stereocenters. The minimum absolute atomic E-state index is 0.121. The maximum absolute atomic E-state index is 13.4. The number of anilines is 1. The fourth-order valence-corrected chi connectivity index (χ4v) is 5.00. The van der Waals surface area contributed by atoms with Crippen LogP contribution in [0, 0.1) is 0 Å². The monoisotopic (exact) mass is 447 g/mol. The van der Waals surface area contributed by atoms with Gasteiger partial charge in [0.2, 0.25) is 5.91 Å². The summed E-state index contributed by atoms with van der Waals surface area (Å²) in [6.45, 7) is 0.588. The zero-order chi connectivity index (χ0) is 22.2. The second-order valence-corrected chi connectivity index (χ2v) is 8.58. The molecule has 0 saturated carbocycles. The van der Waals surface area contributed by atoms with Crippen molar-refractivity contribution in [2.45, 2.75) is 19.5 Å². The topological polar surface area (TPSA) is 73.5 Å². The van der Waals surface area contributed by atoms with Crippen LogP contribution in [-0.2, 0) is 24.3 Å². The normalized spacial score (nSPS) is 12.8. The van der Waals surface area contributed by atoms with Crippen molar-refractivity contribution in [1.82, 2.24) is 9.13 Å². The lowest BCUT2D eigenvalue weighted by Crippen LogP contribution is -2.43. The van der Waals surface area contributed by atoms with Crippen LogP contribution in [0.4, 0.5) is 5.69 Å². The average Bonchev–Trinajstić information content (AvgIpc) is 3.47. The van der Waals surface area contributed by atoms with Gasteiger partial charge in [-0.3, -0.25) is 18.7 Å². The van der Waals surface area contributed by atoms with Crippen molar-refractivity contribution in [1.29, 1.82) is 0 Å². The molecule has 7 nitrogen and oxygen atoms in total. The molecule has 1 amide bonds. The van der Waals surface area contributed by atoms with E-state index in [0.717, 1.165) is 23.2 Å². The molecule has 0 aliphatic carbocycles. The first-order valence-electron chi connectivity index (χ1n) is 10.3. The van der Waals surface area contributed by atoms with E-state index >= 15 is 0 Å². The summed E-state index contributed by atoms with van der Waals surface area (Å²) in [4.78, 5) is 41.3. The Morgan fingerprint density at radius 3 is 2.59 bits per heavy atom. The van der Waals surface area contributed by atoms with Crippen molar-refractivity contribution >= 4 is 33.1 Å². The van der Waals surface area contributed by atoms with Gasteiger partial charge in [-0.05, 0) is 47.2 Å². The Labute approximate surface area is 187 Å². The van der Waals surface area contributed by atoms with Gasteiger partial charge in [0, 0.05) is 12.2 Å². The Morgan fingerprint density at radius 1 is 1.03 bits per heavy atom. The number of carbonyl (C=O) groups is 1. The molecule has 8 heteroatoms. The van der Waals surface area contributed by atoms with E-state index in [1.165, 1.54) is 20.5 Å². The molecule has 1 aliphatic heterocycles. The fourth-order valence-electron chi connectivity index (χ4n) is 4.16. The van der Waals surface area contributed by atoms with Crippen molar-refractivity contribution in [3.63, 3.8) is 0 Å². The highest BCUT2D eigenvalue weighted by Crippen LogP contribution is 2.27. The lowest BCUT2D eigenvalue weighted by molar-refractivity contribution is -0.119. The molecule has 5 rings (SSSR count). The van der Waals surface area contributed by atoms with Crippen molar-refractivity contribution < 1.29 is 9.53 Å². The summed E-state index contributed by atoms with van der Waals surface area (Å²) < 4.78 is 8.26. The van der Waals surface area contributed by atoms with E-state index in [2.05, 4.69) is 0 Å². The first kappa shape index (κ1) is 20.3. The molecule has 32 heavy (non-hydrogen) atoms. The molecular weight excluding hydrogens is 426 g/mol. The van der Waals surface area contributed by atoms with E-state index < -0.39 is 5.69 Å². The number of carbonyl (C=O) groups excluding carboxylic acids is 1. The van der Waals surface area contributed by atoms with Gasteiger partial charge in [-0.15, -0.1) is 11.3 Å². The molecule has 2 aromatic heterocycles. The van der Waals surface area contributed by atoms with E-state index in [1.54, 1.807) is 35.6 Å². The van der Waals surface area contributed by atoms with E-state index in [1.807, 2.05) is 36.4 Å². The van der Waals surface area contributed by atoms with Crippen LogP contribution in [0.3, 0.4) is 0 Å². The number of amides is 1. The van der Waals surface area contributed by atoms with Crippen LogP contribution in [0.2, 0.25) is 0 Å². The first-order valence-corrected chi connectivity index (χ1v) is 11.2. The van der Waals surface area contributed by atoms with E-state index in [9.17, 15) is 14.4 Å². The van der Waals surface area contributed by atoms with E-state index in [4.69, 9.17) is 4.74 Å². The third-order valence-corrected chi connectivity index (χ3v) is 6.71. The van der Waals surface area contributed by atoms with Gasteiger partial charge in [-0.1, -0.05) is 30.3 Å². The summed E-state index contributed by atoms with van der Waals surface area (Å²) in [5.41, 5.74) is 2.48. The standard InChI is InChI=1S/C24H21N3O4S/c1-31-18-8-6-16(7-9-18)14-27-23(29)22-20(11-13-32-22)26(24(27)30)15-21(28)25-12-10-17-4-2-3-5-19(17)25/h2-9,11,13H,10,12,14-15H2,1H3. The van der Waals surface area contributed by atoms with Crippen LogP contribution >= 0.6 is 11.3 Å². The molecular formula is C24H21N3O4S. The Hall–Kier alpha value is -3.65. The second-order valence-electron chi connectivity index (χ2n) is 7.67. The molecule has 1 aliphatic rings. The molecule has 0 radical (unpaired) electrons. The number of methoxy groups -OCH3 is 1. The number of rotatable bonds is 5. The Morgan fingerprint density at radius 2 is 1.81 bits per heavy atom. The van der Waals surface area contributed by atoms with Crippen LogP contribution in [0.1, 0.15) is 11.1 Å². The van der Waals surface area contributed by atoms with Crippen molar-refractivity contribution in [2.24, 2.45) is 0 Å². The molecule has 3 heterocycles. The largest absolute Gasteiger partial charge is 0.497 e. The maximum Gasteiger partial charge on any atom is 0.332 e. The number of para-hydroxylation sites is 1. The second kappa shape index (κ2) is 8.12. The zero-order valence-electron chi connectivity index (χ0n) is 17.5. The Balaban J connectivity index is 1.53. The third kappa shape index (κ3) is 3.42. The molecule has 0 spiro atoms. The minimum Gasteiger partial charge on any atom is -0.497 e. The highest BCUT2D eigenvalue weighted by molar-refractivity contribution is 7.17. The number of nitrogens with zero attached hydrogens (tertiary/aromatic N) is 3. The van der Waals surface area contributed by atoms with Crippen LogP contribution in [0.5, 0.6) is 5.75 Å². The van der Waals surface area contributed by atoms with Crippen molar-refractivity contribution in [3.05, 3.63) is 91.9 Å². The third-order valence-electron chi connectivity index (χ3n) is 5.82. The smallest absolute Gasteiger partial charge is 0.332 e. The lowest BCUT2D eigenvalue weighted by Gasteiger charge is -2.19. The number of fused-ring (bicyclic) bond motifs is 2. The molecule has 0 bridgehead atoms. The molecule has 0 fully saturated rings. The van der Waals surface area contributed by atoms with E-state index in [0.29, 0.717) is 22.5 Å². The summed E-state index contributed by atoms with van der Waals surface area (Å²) in [6.07, 6.45) is 0.793. The number of hydrogen-bond acceptors (Lipinski definition) is 5. The fraction of sp³-hybridized carbons (Fsp3) is 0.208. The highest BCUT2D eigenvalue weighted by Gasteiger charge is 2.26. The number of aromatic nitrogens is 2. The SMILES string of the molecule is COc1ccc(Cn2c(=O)c3sccc3n(CC(=O)N3CCc4ccccc43)c2=O)cc1. The average molecular weight is 448 g/mol. The van der Waals surface area contributed by atoms with Gasteiger partial charge in [0.25, 0.3) is 5.56 Å². The van der Waals surface area contributed by atoms with Gasteiger partial charge in [-0.2, -0.15) is 0 Å². The van der Waals surface area contributed by atoms with Crippen LogP contribution in [-0.4, -0.2) is 28.7 Å². The van der Waals surface area contributed by atoms with Gasteiger partial charge < -0.3 is 9.64 Å². The molecule has 2 aromatic carbocycles. The number of hydrogen-bond donors (Lipinski definition) is 0. The lowest BCUT2D eigenvalue weighted by atomic mass is 10.2. The number of ether oxygens (including phenoxy) is 1. The quantitative estimate of drug-likeness (QED) is 0.472. The van der Waals surface area contributed by atoms with Crippen LogP contribution in [0.15, 0.2) is 69.6 Å². The van der Waals surface area contributed by atoms with Gasteiger partial charge in [0.15, 0.2) is 0 Å². The van der Waals surface area contributed by atoms with Gasteiger partial charge >= 0.3 is 5.69 Å². The molecule has 162 valence electrons. The number of benzene rings is 2. The van der Waals surface area contributed by atoms with Gasteiger partial charge in [0.1, 0.15) is 17.0 Å². The molecule has 0 N–H and O–H groups in total. The summed E-state index contributed by atoms with van der Waals surface area (Å²) in [7, 11) is 1.58. The predicted molar refractivity (Wildman–Crippen MR) is 125 cm³/mol. The summed E-state index contributed by atoms with van der Waals surface area (Å²) in [5.74, 6) is 0.530. The highest BCUT2D eigenvalue weighted by atomic mass is 32.1. The predicted octanol–water partition coefficient (Wildman–Crippen LogP) is 2.87.